The van der Waals surface area contributed by atoms with E-state index in [1.807, 2.05) is 0 Å². The first kappa shape index (κ1) is 16.3. The van der Waals surface area contributed by atoms with Crippen molar-refractivity contribution in [3.05, 3.63) is 0 Å². The Labute approximate surface area is 126 Å². The maximum Gasteiger partial charge on any atom is 0.00940 e. The van der Waals surface area contributed by atoms with Crippen molar-refractivity contribution < 1.29 is 0 Å². The van der Waals surface area contributed by atoms with E-state index in [-0.39, 0.29) is 0 Å². The fraction of sp³-hybridized carbons (Fsp3) is 1.00. The molecule has 0 atom stereocenters. The SMILES string of the molecule is CCCCN1CCC(NC2CCN(C(C)C)CC2)CC1. The van der Waals surface area contributed by atoms with Crippen molar-refractivity contribution in [1.82, 2.24) is 15.1 Å². The summed E-state index contributed by atoms with van der Waals surface area (Å²) in [5.74, 6) is 0. The van der Waals surface area contributed by atoms with E-state index >= 15 is 0 Å². The number of nitrogens with zero attached hydrogens (tertiary/aromatic N) is 2. The summed E-state index contributed by atoms with van der Waals surface area (Å²) >= 11 is 0. The van der Waals surface area contributed by atoms with Crippen LogP contribution in [0.25, 0.3) is 0 Å². The van der Waals surface area contributed by atoms with Gasteiger partial charge < -0.3 is 15.1 Å². The molecule has 3 heteroatoms. The van der Waals surface area contributed by atoms with Crippen LogP contribution in [0, 0.1) is 0 Å². The lowest BCUT2D eigenvalue weighted by atomic mass is 9.99. The van der Waals surface area contributed by atoms with Gasteiger partial charge in [0.05, 0.1) is 0 Å². The van der Waals surface area contributed by atoms with Crippen molar-refractivity contribution in [3.8, 4) is 0 Å². The van der Waals surface area contributed by atoms with Gasteiger partial charge in [0.1, 0.15) is 0 Å². The molecule has 1 N–H and O–H groups in total. The molecule has 0 bridgehead atoms. The zero-order chi connectivity index (χ0) is 14.4. The molecule has 0 aromatic carbocycles. The maximum atomic E-state index is 3.94. The van der Waals surface area contributed by atoms with E-state index in [0.717, 1.165) is 18.1 Å². The highest BCUT2D eigenvalue weighted by molar-refractivity contribution is 4.84. The third-order valence-electron chi connectivity index (χ3n) is 5.15. The molecule has 0 unspecified atom stereocenters. The first-order chi connectivity index (χ1) is 9.69. The van der Waals surface area contributed by atoms with Crippen LogP contribution >= 0.6 is 0 Å². The van der Waals surface area contributed by atoms with Crippen LogP contribution in [0.5, 0.6) is 0 Å². The molecule has 0 spiro atoms. The summed E-state index contributed by atoms with van der Waals surface area (Å²) in [6, 6.07) is 2.28. The number of rotatable bonds is 6. The van der Waals surface area contributed by atoms with Crippen molar-refractivity contribution in [2.45, 2.75) is 77.4 Å². The molecule has 2 fully saturated rings. The Morgan fingerprint density at radius 2 is 1.50 bits per heavy atom. The summed E-state index contributed by atoms with van der Waals surface area (Å²) in [4.78, 5) is 5.27. The van der Waals surface area contributed by atoms with Gasteiger partial charge in [-0.3, -0.25) is 0 Å². The van der Waals surface area contributed by atoms with E-state index in [1.54, 1.807) is 0 Å². The molecule has 0 amide bonds. The second-order valence-corrected chi connectivity index (χ2v) is 7.04. The molecule has 0 saturated carbocycles. The van der Waals surface area contributed by atoms with E-state index in [9.17, 15) is 0 Å². The Morgan fingerprint density at radius 3 is 2.00 bits per heavy atom. The molecule has 0 aliphatic carbocycles. The Hall–Kier alpha value is -0.120. The molecule has 0 aromatic rings. The number of nitrogens with one attached hydrogen (secondary N) is 1. The summed E-state index contributed by atoms with van der Waals surface area (Å²) in [6.45, 7) is 13.4. The molecule has 2 rings (SSSR count). The lowest BCUT2D eigenvalue weighted by Crippen LogP contribution is -2.50. The topological polar surface area (TPSA) is 18.5 Å². The Morgan fingerprint density at radius 1 is 0.950 bits per heavy atom. The molecule has 2 heterocycles. The smallest absolute Gasteiger partial charge is 0.00940 e. The minimum Gasteiger partial charge on any atom is -0.311 e. The fourth-order valence-electron chi connectivity index (χ4n) is 3.62. The van der Waals surface area contributed by atoms with Gasteiger partial charge in [0.25, 0.3) is 0 Å². The van der Waals surface area contributed by atoms with Gasteiger partial charge in [-0.1, -0.05) is 13.3 Å². The Balaban J connectivity index is 1.61. The third-order valence-corrected chi connectivity index (χ3v) is 5.15. The summed E-state index contributed by atoms with van der Waals surface area (Å²) in [6.07, 6.45) is 8.09. The summed E-state index contributed by atoms with van der Waals surface area (Å²) < 4.78 is 0. The molecule has 118 valence electrons. The van der Waals surface area contributed by atoms with Crippen molar-refractivity contribution in [1.29, 1.82) is 0 Å². The monoisotopic (exact) mass is 281 g/mol. The third kappa shape index (κ3) is 5.01. The van der Waals surface area contributed by atoms with E-state index in [4.69, 9.17) is 0 Å². The summed E-state index contributed by atoms with van der Waals surface area (Å²) in [7, 11) is 0. The van der Waals surface area contributed by atoms with Crippen LogP contribution in [0.4, 0.5) is 0 Å². The highest BCUT2D eigenvalue weighted by atomic mass is 15.2. The van der Waals surface area contributed by atoms with Crippen LogP contribution in [0.15, 0.2) is 0 Å². The van der Waals surface area contributed by atoms with Gasteiger partial charge in [0.15, 0.2) is 0 Å². The number of unbranched alkanes of at least 4 members (excludes halogenated alkanes) is 1. The molecule has 0 radical (unpaired) electrons. The van der Waals surface area contributed by atoms with E-state index in [2.05, 4.69) is 35.9 Å². The van der Waals surface area contributed by atoms with E-state index in [1.165, 1.54) is 71.2 Å². The van der Waals surface area contributed by atoms with Crippen molar-refractivity contribution in [3.63, 3.8) is 0 Å². The van der Waals surface area contributed by atoms with Crippen LogP contribution in [-0.2, 0) is 0 Å². The fourth-order valence-corrected chi connectivity index (χ4v) is 3.62. The first-order valence-electron chi connectivity index (χ1n) is 8.91. The van der Waals surface area contributed by atoms with Gasteiger partial charge in [0, 0.05) is 18.1 Å². The zero-order valence-corrected chi connectivity index (χ0v) is 13.9. The lowest BCUT2D eigenvalue weighted by molar-refractivity contribution is 0.140. The molecule has 2 aliphatic heterocycles. The minimum atomic E-state index is 0.720. The van der Waals surface area contributed by atoms with Crippen LogP contribution < -0.4 is 5.32 Å². The molecule has 3 nitrogen and oxygen atoms in total. The van der Waals surface area contributed by atoms with Gasteiger partial charge in [-0.15, -0.1) is 0 Å². The standard InChI is InChI=1S/C17H35N3/c1-4-5-10-19-11-6-16(7-12-19)18-17-8-13-20(14-9-17)15(2)3/h15-18H,4-14H2,1-3H3. The molecular formula is C17H35N3. The molecule has 2 aliphatic rings. The molecule has 2 saturated heterocycles. The van der Waals surface area contributed by atoms with Crippen LogP contribution in [0.3, 0.4) is 0 Å². The second-order valence-electron chi connectivity index (χ2n) is 7.04. The highest BCUT2D eigenvalue weighted by Gasteiger charge is 2.25. The van der Waals surface area contributed by atoms with Crippen molar-refractivity contribution in [2.24, 2.45) is 0 Å². The number of piperidine rings is 2. The van der Waals surface area contributed by atoms with Gasteiger partial charge in [-0.2, -0.15) is 0 Å². The largest absolute Gasteiger partial charge is 0.311 e. The highest BCUT2D eigenvalue weighted by Crippen LogP contribution is 2.17. The average molecular weight is 281 g/mol. The predicted molar refractivity (Wildman–Crippen MR) is 87.2 cm³/mol. The predicted octanol–water partition coefficient (Wildman–Crippen LogP) is 2.71. The second kappa shape index (κ2) is 8.35. The summed E-state index contributed by atoms with van der Waals surface area (Å²) in [5.41, 5.74) is 0. The Bertz CT molecular complexity index is 251. The summed E-state index contributed by atoms with van der Waals surface area (Å²) in [5, 5.41) is 3.94. The Kier molecular flexibility index (Phi) is 6.79. The average Bonchev–Trinajstić information content (AvgIpc) is 2.47. The number of hydrogen-bond donors (Lipinski definition) is 1. The van der Waals surface area contributed by atoms with Crippen molar-refractivity contribution >= 4 is 0 Å². The minimum absolute atomic E-state index is 0.720. The number of hydrogen-bond acceptors (Lipinski definition) is 3. The normalized spacial score (nSPS) is 24.6. The van der Waals surface area contributed by atoms with Crippen LogP contribution in [0.2, 0.25) is 0 Å². The maximum absolute atomic E-state index is 3.94. The lowest BCUT2D eigenvalue weighted by Gasteiger charge is -2.39. The van der Waals surface area contributed by atoms with Gasteiger partial charge >= 0.3 is 0 Å². The molecular weight excluding hydrogens is 246 g/mol. The van der Waals surface area contributed by atoms with Crippen molar-refractivity contribution in [2.75, 3.05) is 32.7 Å². The van der Waals surface area contributed by atoms with Gasteiger partial charge in [-0.05, 0) is 78.7 Å². The molecule has 0 aromatic heterocycles. The first-order valence-corrected chi connectivity index (χ1v) is 8.91. The number of likely N-dealkylation sites (tertiary alicyclic amines) is 2. The van der Waals surface area contributed by atoms with Crippen LogP contribution in [0.1, 0.15) is 59.3 Å². The quantitative estimate of drug-likeness (QED) is 0.807. The van der Waals surface area contributed by atoms with Gasteiger partial charge in [0.2, 0.25) is 0 Å². The van der Waals surface area contributed by atoms with Crippen LogP contribution in [-0.4, -0.2) is 60.6 Å². The zero-order valence-electron chi connectivity index (χ0n) is 13.9. The van der Waals surface area contributed by atoms with E-state index in [0.29, 0.717) is 0 Å². The van der Waals surface area contributed by atoms with Gasteiger partial charge in [-0.25, -0.2) is 0 Å². The van der Waals surface area contributed by atoms with E-state index < -0.39 is 0 Å². The molecule has 20 heavy (non-hydrogen) atoms.